The Balaban J connectivity index is 1.68. The van der Waals surface area contributed by atoms with E-state index in [0.29, 0.717) is 16.6 Å². The third-order valence-corrected chi connectivity index (χ3v) is 5.67. The van der Waals surface area contributed by atoms with Crippen LogP contribution in [0.15, 0.2) is 33.6 Å². The Morgan fingerprint density at radius 3 is 2.79 bits per heavy atom. The van der Waals surface area contributed by atoms with Crippen LogP contribution in [0.5, 0.6) is 0 Å². The Bertz CT molecular complexity index is 825. The number of carbonyl (C=O) groups excluding carboxylic acids is 1. The van der Waals surface area contributed by atoms with Crippen molar-refractivity contribution in [3.63, 3.8) is 0 Å². The lowest BCUT2D eigenvalue weighted by Crippen LogP contribution is -2.45. The van der Waals surface area contributed by atoms with Crippen LogP contribution in [0.1, 0.15) is 31.0 Å². The zero-order valence-electron chi connectivity index (χ0n) is 13.6. The summed E-state index contributed by atoms with van der Waals surface area (Å²) in [5.41, 5.74) is 1.15. The minimum absolute atomic E-state index is 0.299. The zero-order valence-corrected chi connectivity index (χ0v) is 15.3. The van der Waals surface area contributed by atoms with E-state index >= 15 is 0 Å². The highest BCUT2D eigenvalue weighted by Crippen LogP contribution is 2.28. The maximum absolute atomic E-state index is 12.4. The zero-order chi connectivity index (χ0) is 17.2. The molecular formula is C16H18N4O2S2. The standard InChI is InChI=1S/C16H18N4O2S2/c1-4-16(3,13-17-10(2)8-23-13)20-14(21)19-15-18-11(9-24-15)12-6-5-7-22-12/h5-9H,4H2,1-3H3,(H2,18,19,20,21)/t16-/m1/s1. The highest BCUT2D eigenvalue weighted by Gasteiger charge is 2.30. The molecule has 126 valence electrons. The summed E-state index contributed by atoms with van der Waals surface area (Å²) in [6, 6.07) is 3.34. The normalized spacial score (nSPS) is 13.5. The molecular weight excluding hydrogens is 344 g/mol. The Morgan fingerprint density at radius 1 is 1.33 bits per heavy atom. The van der Waals surface area contributed by atoms with Gasteiger partial charge in [-0.2, -0.15) is 0 Å². The Hall–Kier alpha value is -2.19. The fraction of sp³-hybridized carbons (Fsp3) is 0.312. The molecule has 24 heavy (non-hydrogen) atoms. The lowest BCUT2D eigenvalue weighted by Gasteiger charge is -2.27. The van der Waals surface area contributed by atoms with Crippen molar-refractivity contribution >= 4 is 33.8 Å². The van der Waals surface area contributed by atoms with Gasteiger partial charge in [-0.15, -0.1) is 22.7 Å². The Labute approximate surface area is 148 Å². The van der Waals surface area contributed by atoms with Gasteiger partial charge in [0, 0.05) is 16.5 Å². The molecule has 0 aliphatic carbocycles. The van der Waals surface area contributed by atoms with Gasteiger partial charge in [0.2, 0.25) is 0 Å². The minimum Gasteiger partial charge on any atom is -0.463 e. The van der Waals surface area contributed by atoms with Gasteiger partial charge < -0.3 is 9.73 Å². The van der Waals surface area contributed by atoms with Crippen molar-refractivity contribution in [2.45, 2.75) is 32.7 Å². The number of aryl methyl sites for hydroxylation is 1. The molecule has 0 spiro atoms. The maximum atomic E-state index is 12.4. The SMILES string of the molecule is CC[C@@](C)(NC(=O)Nc1nc(-c2ccco2)cs1)c1nc(C)cs1. The fourth-order valence-corrected chi connectivity index (χ4v) is 3.83. The van der Waals surface area contributed by atoms with Crippen molar-refractivity contribution in [3.8, 4) is 11.5 Å². The van der Waals surface area contributed by atoms with Gasteiger partial charge in [0.05, 0.1) is 11.8 Å². The molecule has 3 aromatic rings. The van der Waals surface area contributed by atoms with E-state index in [-0.39, 0.29) is 6.03 Å². The van der Waals surface area contributed by atoms with E-state index in [4.69, 9.17) is 4.42 Å². The molecule has 2 N–H and O–H groups in total. The maximum Gasteiger partial charge on any atom is 0.321 e. The van der Waals surface area contributed by atoms with E-state index in [1.807, 2.05) is 37.6 Å². The van der Waals surface area contributed by atoms with Crippen molar-refractivity contribution in [1.82, 2.24) is 15.3 Å². The largest absolute Gasteiger partial charge is 0.463 e. The number of nitrogens with one attached hydrogen (secondary N) is 2. The number of rotatable bonds is 5. The van der Waals surface area contributed by atoms with Crippen molar-refractivity contribution in [2.75, 3.05) is 5.32 Å². The molecule has 0 saturated heterocycles. The quantitative estimate of drug-likeness (QED) is 0.694. The summed E-state index contributed by atoms with van der Waals surface area (Å²) in [5.74, 6) is 0.677. The average molecular weight is 362 g/mol. The van der Waals surface area contributed by atoms with Gasteiger partial charge in [-0.25, -0.2) is 14.8 Å². The first-order chi connectivity index (χ1) is 11.5. The number of anilines is 1. The first-order valence-corrected chi connectivity index (χ1v) is 9.27. The van der Waals surface area contributed by atoms with Crippen LogP contribution in [0.25, 0.3) is 11.5 Å². The number of nitrogens with zero attached hydrogens (tertiary/aromatic N) is 2. The van der Waals surface area contributed by atoms with E-state index in [0.717, 1.165) is 17.1 Å². The lowest BCUT2D eigenvalue weighted by atomic mass is 10.0. The highest BCUT2D eigenvalue weighted by atomic mass is 32.1. The summed E-state index contributed by atoms with van der Waals surface area (Å²) in [5, 5.41) is 11.0. The van der Waals surface area contributed by atoms with Crippen LogP contribution in [0.3, 0.4) is 0 Å². The first kappa shape index (κ1) is 16.7. The van der Waals surface area contributed by atoms with Gasteiger partial charge in [-0.05, 0) is 32.4 Å². The molecule has 0 aliphatic rings. The summed E-state index contributed by atoms with van der Waals surface area (Å²) in [7, 11) is 0. The molecule has 0 aromatic carbocycles. The molecule has 0 unspecified atom stereocenters. The van der Waals surface area contributed by atoms with Crippen LogP contribution in [0.4, 0.5) is 9.93 Å². The molecule has 0 radical (unpaired) electrons. The van der Waals surface area contributed by atoms with E-state index < -0.39 is 5.54 Å². The third kappa shape index (κ3) is 3.49. The predicted octanol–water partition coefficient (Wildman–Crippen LogP) is 4.61. The number of amides is 2. The monoisotopic (exact) mass is 362 g/mol. The van der Waals surface area contributed by atoms with Gasteiger partial charge in [-0.3, -0.25) is 5.32 Å². The topological polar surface area (TPSA) is 80.0 Å². The second-order valence-electron chi connectivity index (χ2n) is 5.57. The van der Waals surface area contributed by atoms with Gasteiger partial charge in [-0.1, -0.05) is 6.92 Å². The molecule has 3 heterocycles. The van der Waals surface area contributed by atoms with Crippen LogP contribution in [0, 0.1) is 6.92 Å². The van der Waals surface area contributed by atoms with Crippen molar-refractivity contribution < 1.29 is 9.21 Å². The van der Waals surface area contributed by atoms with Gasteiger partial charge in [0.25, 0.3) is 0 Å². The number of aromatic nitrogens is 2. The Kier molecular flexibility index (Phi) is 4.68. The predicted molar refractivity (Wildman–Crippen MR) is 96.5 cm³/mol. The van der Waals surface area contributed by atoms with Crippen molar-refractivity contribution in [1.29, 1.82) is 0 Å². The molecule has 2 amide bonds. The van der Waals surface area contributed by atoms with Crippen LogP contribution >= 0.6 is 22.7 Å². The molecule has 6 nitrogen and oxygen atoms in total. The van der Waals surface area contributed by atoms with Crippen LogP contribution < -0.4 is 10.6 Å². The molecule has 1 atom stereocenters. The van der Waals surface area contributed by atoms with E-state index in [1.54, 1.807) is 23.7 Å². The van der Waals surface area contributed by atoms with Crippen molar-refractivity contribution in [2.24, 2.45) is 0 Å². The molecule has 3 aromatic heterocycles. The number of furan rings is 1. The van der Waals surface area contributed by atoms with E-state index in [2.05, 4.69) is 20.6 Å². The molecule has 0 bridgehead atoms. The van der Waals surface area contributed by atoms with Gasteiger partial charge in [0.15, 0.2) is 10.9 Å². The van der Waals surface area contributed by atoms with Gasteiger partial charge in [0.1, 0.15) is 10.7 Å². The number of hydrogen-bond acceptors (Lipinski definition) is 6. The Morgan fingerprint density at radius 2 is 2.17 bits per heavy atom. The summed E-state index contributed by atoms with van der Waals surface area (Å²) < 4.78 is 5.30. The summed E-state index contributed by atoms with van der Waals surface area (Å²) in [4.78, 5) is 21.2. The summed E-state index contributed by atoms with van der Waals surface area (Å²) in [6.07, 6.45) is 2.33. The highest BCUT2D eigenvalue weighted by molar-refractivity contribution is 7.14. The van der Waals surface area contributed by atoms with Crippen LogP contribution in [-0.2, 0) is 5.54 Å². The molecule has 0 aliphatic heterocycles. The number of thiazole rings is 2. The second-order valence-corrected chi connectivity index (χ2v) is 7.29. The smallest absolute Gasteiger partial charge is 0.321 e. The van der Waals surface area contributed by atoms with Crippen LogP contribution in [-0.4, -0.2) is 16.0 Å². The molecule has 3 rings (SSSR count). The average Bonchev–Trinajstić information content (AvgIpc) is 3.27. The van der Waals surface area contributed by atoms with E-state index in [1.165, 1.54) is 11.3 Å². The third-order valence-electron chi connectivity index (χ3n) is 3.69. The molecule has 0 fully saturated rings. The van der Waals surface area contributed by atoms with Crippen LogP contribution in [0.2, 0.25) is 0 Å². The summed E-state index contributed by atoms with van der Waals surface area (Å²) in [6.45, 7) is 5.94. The molecule has 0 saturated carbocycles. The van der Waals surface area contributed by atoms with Gasteiger partial charge >= 0.3 is 6.03 Å². The van der Waals surface area contributed by atoms with Crippen molar-refractivity contribution in [3.05, 3.63) is 39.9 Å². The molecule has 8 heteroatoms. The lowest BCUT2D eigenvalue weighted by molar-refractivity contribution is 0.237. The minimum atomic E-state index is -0.510. The second kappa shape index (κ2) is 6.74. The summed E-state index contributed by atoms with van der Waals surface area (Å²) >= 11 is 2.91. The number of hydrogen-bond donors (Lipinski definition) is 2. The number of carbonyl (C=O) groups is 1. The van der Waals surface area contributed by atoms with E-state index in [9.17, 15) is 4.79 Å². The fourth-order valence-electron chi connectivity index (χ4n) is 2.15. The first-order valence-electron chi connectivity index (χ1n) is 7.51. The number of urea groups is 1.